The fraction of sp³-hybridized carbons (Fsp3) is 0.778. The van der Waals surface area contributed by atoms with Crippen LogP contribution < -0.4 is 11.1 Å². The number of aromatic nitrogens is 3. The number of nitrogens with zero attached hydrogens (tertiary/aromatic N) is 4. The zero-order valence-corrected chi connectivity index (χ0v) is 9.86. The number of anilines is 2. The molecule has 0 saturated heterocycles. The smallest absolute Gasteiger partial charge is 0.244 e. The molecule has 0 unspecified atom stereocenters. The Bertz CT molecular complexity index is 304. The van der Waals surface area contributed by atoms with Crippen molar-refractivity contribution in [1.82, 2.24) is 19.7 Å². The minimum atomic E-state index is 0.314. The van der Waals surface area contributed by atoms with Crippen LogP contribution in [0.3, 0.4) is 0 Å². The number of nitrogen functional groups attached to an aromatic ring is 1. The minimum absolute atomic E-state index is 0.314. The lowest BCUT2D eigenvalue weighted by molar-refractivity contribution is 0.375. The molecule has 6 nitrogen and oxygen atoms in total. The van der Waals surface area contributed by atoms with Crippen molar-refractivity contribution < 1.29 is 0 Å². The Morgan fingerprint density at radius 3 is 2.67 bits per heavy atom. The summed E-state index contributed by atoms with van der Waals surface area (Å²) >= 11 is 0. The first kappa shape index (κ1) is 11.8. The summed E-state index contributed by atoms with van der Waals surface area (Å²) in [5, 5.41) is 7.38. The Labute approximate surface area is 90.5 Å². The summed E-state index contributed by atoms with van der Waals surface area (Å²) in [6.45, 7) is 5.73. The number of nitrogens with one attached hydrogen (secondary N) is 1. The van der Waals surface area contributed by atoms with Crippen LogP contribution in [0.1, 0.15) is 13.8 Å². The fourth-order valence-electron chi connectivity index (χ4n) is 1.13. The van der Waals surface area contributed by atoms with Crippen LogP contribution in [-0.2, 0) is 6.54 Å². The van der Waals surface area contributed by atoms with Gasteiger partial charge in [-0.05, 0) is 27.9 Å². The van der Waals surface area contributed by atoms with Crippen LogP contribution in [0.15, 0.2) is 0 Å². The molecule has 0 aliphatic heterocycles. The molecule has 0 aromatic carbocycles. The third-order valence-electron chi connectivity index (χ3n) is 1.88. The van der Waals surface area contributed by atoms with E-state index in [-0.39, 0.29) is 0 Å². The lowest BCUT2D eigenvalue weighted by Gasteiger charge is -2.09. The second kappa shape index (κ2) is 4.97. The zero-order chi connectivity index (χ0) is 11.4. The summed E-state index contributed by atoms with van der Waals surface area (Å²) in [6, 6.07) is 0.314. The van der Waals surface area contributed by atoms with E-state index < -0.39 is 0 Å². The summed E-state index contributed by atoms with van der Waals surface area (Å²) < 4.78 is 1.71. The van der Waals surface area contributed by atoms with Gasteiger partial charge in [0.25, 0.3) is 0 Å². The molecule has 1 heterocycles. The second-order valence-electron chi connectivity index (χ2n) is 4.12. The van der Waals surface area contributed by atoms with Crippen LogP contribution >= 0.6 is 0 Å². The van der Waals surface area contributed by atoms with Gasteiger partial charge in [0, 0.05) is 12.6 Å². The monoisotopic (exact) mass is 212 g/mol. The number of hydrogen-bond donors (Lipinski definition) is 2. The van der Waals surface area contributed by atoms with Crippen LogP contribution in [0.5, 0.6) is 0 Å². The quantitative estimate of drug-likeness (QED) is 0.731. The van der Waals surface area contributed by atoms with Gasteiger partial charge in [0.2, 0.25) is 11.9 Å². The van der Waals surface area contributed by atoms with E-state index in [9.17, 15) is 0 Å². The van der Waals surface area contributed by atoms with E-state index in [1.54, 1.807) is 4.68 Å². The van der Waals surface area contributed by atoms with E-state index >= 15 is 0 Å². The van der Waals surface area contributed by atoms with Crippen molar-refractivity contribution >= 4 is 11.9 Å². The van der Waals surface area contributed by atoms with Gasteiger partial charge in [-0.3, -0.25) is 0 Å². The van der Waals surface area contributed by atoms with Crippen molar-refractivity contribution in [3.63, 3.8) is 0 Å². The molecule has 86 valence electrons. The highest BCUT2D eigenvalue weighted by atomic mass is 15.4. The zero-order valence-electron chi connectivity index (χ0n) is 9.86. The maximum Gasteiger partial charge on any atom is 0.244 e. The van der Waals surface area contributed by atoms with E-state index in [4.69, 9.17) is 5.73 Å². The lowest BCUT2D eigenvalue weighted by atomic mass is 10.4. The van der Waals surface area contributed by atoms with Crippen molar-refractivity contribution in [3.05, 3.63) is 0 Å². The molecule has 0 atom stereocenters. The fourth-order valence-corrected chi connectivity index (χ4v) is 1.13. The number of rotatable bonds is 5. The molecule has 0 aliphatic carbocycles. The molecule has 0 aliphatic rings. The highest BCUT2D eigenvalue weighted by Gasteiger charge is 2.07. The van der Waals surface area contributed by atoms with Gasteiger partial charge >= 0.3 is 0 Å². The van der Waals surface area contributed by atoms with Crippen molar-refractivity contribution in [2.24, 2.45) is 0 Å². The van der Waals surface area contributed by atoms with Gasteiger partial charge in [-0.2, -0.15) is 4.98 Å². The Kier molecular flexibility index (Phi) is 3.90. The van der Waals surface area contributed by atoms with Gasteiger partial charge in [0.15, 0.2) is 0 Å². The second-order valence-corrected chi connectivity index (χ2v) is 4.12. The molecule has 3 N–H and O–H groups in total. The van der Waals surface area contributed by atoms with E-state index in [1.165, 1.54) is 0 Å². The van der Waals surface area contributed by atoms with E-state index in [0.717, 1.165) is 13.1 Å². The summed E-state index contributed by atoms with van der Waals surface area (Å²) in [4.78, 5) is 6.21. The molecule has 1 aromatic heterocycles. The predicted octanol–water partition coefficient (Wildman–Crippen LogP) is 0.242. The molecule has 1 rings (SSSR count). The summed E-state index contributed by atoms with van der Waals surface area (Å²) in [6.07, 6.45) is 0. The molecule has 0 spiro atoms. The Balaban J connectivity index is 2.60. The molecule has 0 amide bonds. The van der Waals surface area contributed by atoms with Crippen molar-refractivity contribution in [2.45, 2.75) is 26.4 Å². The maximum absolute atomic E-state index is 5.73. The van der Waals surface area contributed by atoms with Gasteiger partial charge in [0.1, 0.15) is 0 Å². The predicted molar refractivity (Wildman–Crippen MR) is 61.7 cm³/mol. The first-order valence-electron chi connectivity index (χ1n) is 5.10. The number of likely N-dealkylation sites (N-methyl/N-ethyl adjacent to an activating group) is 1. The molecule has 0 radical (unpaired) electrons. The number of hydrogen-bond acceptors (Lipinski definition) is 5. The normalized spacial score (nSPS) is 11.3. The van der Waals surface area contributed by atoms with Crippen LogP contribution in [0, 0.1) is 0 Å². The van der Waals surface area contributed by atoms with E-state index in [2.05, 4.69) is 20.3 Å². The first-order valence-corrected chi connectivity index (χ1v) is 5.10. The molecular formula is C9H20N6. The highest BCUT2D eigenvalue weighted by molar-refractivity contribution is 5.31. The lowest BCUT2D eigenvalue weighted by Crippen LogP contribution is -2.20. The summed E-state index contributed by atoms with van der Waals surface area (Å²) in [5.74, 6) is 1.06. The third kappa shape index (κ3) is 3.75. The van der Waals surface area contributed by atoms with E-state index in [1.807, 2.05) is 27.9 Å². The van der Waals surface area contributed by atoms with Gasteiger partial charge in [0.05, 0.1) is 6.54 Å². The maximum atomic E-state index is 5.73. The van der Waals surface area contributed by atoms with Gasteiger partial charge in [-0.15, -0.1) is 5.10 Å². The highest BCUT2D eigenvalue weighted by Crippen LogP contribution is 2.06. The minimum Gasteiger partial charge on any atom is -0.368 e. The van der Waals surface area contributed by atoms with Crippen LogP contribution in [0.25, 0.3) is 0 Å². The molecule has 15 heavy (non-hydrogen) atoms. The molecule has 6 heteroatoms. The summed E-state index contributed by atoms with van der Waals surface area (Å²) in [5.41, 5.74) is 5.73. The third-order valence-corrected chi connectivity index (χ3v) is 1.88. The van der Waals surface area contributed by atoms with E-state index in [0.29, 0.717) is 17.9 Å². The largest absolute Gasteiger partial charge is 0.368 e. The standard InChI is InChI=1S/C9H20N6/c1-7(2)11-9-12-8(10)15(13-9)6-5-14(3)4/h7H,5-6H2,1-4H3,(H3,10,11,12,13). The number of nitrogens with two attached hydrogens (primary N) is 1. The Morgan fingerprint density at radius 1 is 1.47 bits per heavy atom. The Hall–Kier alpha value is -1.30. The van der Waals surface area contributed by atoms with Crippen molar-refractivity contribution in [2.75, 3.05) is 31.7 Å². The molecule has 1 aromatic rings. The van der Waals surface area contributed by atoms with Gasteiger partial charge < -0.3 is 16.0 Å². The topological polar surface area (TPSA) is 72.0 Å². The van der Waals surface area contributed by atoms with Crippen LogP contribution in [0.4, 0.5) is 11.9 Å². The van der Waals surface area contributed by atoms with Crippen LogP contribution in [-0.4, -0.2) is 46.3 Å². The molecule has 0 saturated carbocycles. The Morgan fingerprint density at radius 2 is 2.13 bits per heavy atom. The van der Waals surface area contributed by atoms with Gasteiger partial charge in [-0.1, -0.05) is 0 Å². The summed E-state index contributed by atoms with van der Waals surface area (Å²) in [7, 11) is 4.03. The van der Waals surface area contributed by atoms with Gasteiger partial charge in [-0.25, -0.2) is 4.68 Å². The van der Waals surface area contributed by atoms with Crippen LogP contribution in [0.2, 0.25) is 0 Å². The average molecular weight is 212 g/mol. The first-order chi connectivity index (χ1) is 6.99. The average Bonchev–Trinajstić information content (AvgIpc) is 2.41. The van der Waals surface area contributed by atoms with Crippen molar-refractivity contribution in [3.8, 4) is 0 Å². The molecular weight excluding hydrogens is 192 g/mol. The SMILES string of the molecule is CC(C)Nc1nc(N)n(CCN(C)C)n1. The molecule has 0 fully saturated rings. The van der Waals surface area contributed by atoms with Crippen molar-refractivity contribution in [1.29, 1.82) is 0 Å². The molecule has 0 bridgehead atoms.